The number of benzene rings is 1. The number of rotatable bonds is 3. The van der Waals surface area contributed by atoms with E-state index >= 15 is 0 Å². The van der Waals surface area contributed by atoms with Crippen molar-refractivity contribution < 1.29 is 9.53 Å². The van der Waals surface area contributed by atoms with Crippen molar-refractivity contribution in [1.29, 1.82) is 0 Å². The number of thiophene rings is 1. The van der Waals surface area contributed by atoms with Gasteiger partial charge in [0.25, 0.3) is 0 Å². The fourth-order valence-electron chi connectivity index (χ4n) is 2.14. The van der Waals surface area contributed by atoms with E-state index in [-0.39, 0.29) is 5.78 Å². The molecular formula is C14H9Cl2NO2S. The molecule has 0 aliphatic rings. The third kappa shape index (κ3) is 2.10. The molecule has 0 radical (unpaired) electrons. The molecule has 2 aromatic heterocycles. The van der Waals surface area contributed by atoms with E-state index in [1.54, 1.807) is 19.4 Å². The SMILES string of the molecule is COc1cccc2[nH]cc(C(=O)c3cc(Cl)sc3Cl)c12. The molecule has 0 bridgehead atoms. The second-order valence-corrected chi connectivity index (χ2v) is 6.44. The van der Waals surface area contributed by atoms with E-state index in [2.05, 4.69) is 4.98 Å². The Morgan fingerprint density at radius 1 is 1.30 bits per heavy atom. The molecule has 0 fully saturated rings. The first-order valence-electron chi connectivity index (χ1n) is 5.75. The highest BCUT2D eigenvalue weighted by molar-refractivity contribution is 7.20. The van der Waals surface area contributed by atoms with Gasteiger partial charge in [-0.15, -0.1) is 11.3 Å². The minimum Gasteiger partial charge on any atom is -0.496 e. The van der Waals surface area contributed by atoms with Crippen molar-refractivity contribution in [2.24, 2.45) is 0 Å². The molecule has 3 nitrogen and oxygen atoms in total. The molecule has 1 aromatic carbocycles. The first-order chi connectivity index (χ1) is 9.61. The molecule has 102 valence electrons. The maximum absolute atomic E-state index is 12.6. The first kappa shape index (κ1) is 13.5. The molecular weight excluding hydrogens is 317 g/mol. The van der Waals surface area contributed by atoms with E-state index in [0.29, 0.717) is 25.5 Å². The summed E-state index contributed by atoms with van der Waals surface area (Å²) < 4.78 is 6.20. The minimum atomic E-state index is -0.172. The summed E-state index contributed by atoms with van der Waals surface area (Å²) in [5.41, 5.74) is 1.77. The number of ether oxygens (including phenoxy) is 1. The Morgan fingerprint density at radius 3 is 2.75 bits per heavy atom. The van der Waals surface area contributed by atoms with Crippen LogP contribution in [0.4, 0.5) is 0 Å². The van der Waals surface area contributed by atoms with Gasteiger partial charge in [-0.05, 0) is 18.2 Å². The second kappa shape index (κ2) is 5.13. The summed E-state index contributed by atoms with van der Waals surface area (Å²) in [6.45, 7) is 0. The Morgan fingerprint density at radius 2 is 2.10 bits per heavy atom. The second-order valence-electron chi connectivity index (χ2n) is 4.15. The lowest BCUT2D eigenvalue weighted by molar-refractivity contribution is 0.104. The number of halogens is 2. The Balaban J connectivity index is 2.20. The van der Waals surface area contributed by atoms with E-state index in [1.165, 1.54) is 11.3 Å². The van der Waals surface area contributed by atoms with Crippen LogP contribution in [-0.2, 0) is 0 Å². The summed E-state index contributed by atoms with van der Waals surface area (Å²) >= 11 is 13.1. The van der Waals surface area contributed by atoms with Gasteiger partial charge in [0.2, 0.25) is 0 Å². The third-order valence-electron chi connectivity index (χ3n) is 3.03. The fourth-order valence-corrected chi connectivity index (χ4v) is 3.60. The molecule has 0 unspecified atom stereocenters. The number of methoxy groups -OCH3 is 1. The molecule has 1 N–H and O–H groups in total. The highest BCUT2D eigenvalue weighted by atomic mass is 35.5. The van der Waals surface area contributed by atoms with Gasteiger partial charge in [-0.1, -0.05) is 29.3 Å². The van der Waals surface area contributed by atoms with Crippen LogP contribution < -0.4 is 4.74 Å². The predicted molar refractivity (Wildman–Crippen MR) is 82.6 cm³/mol. The van der Waals surface area contributed by atoms with Crippen molar-refractivity contribution in [3.05, 3.63) is 50.3 Å². The quantitative estimate of drug-likeness (QED) is 0.704. The largest absolute Gasteiger partial charge is 0.496 e. The Kier molecular flexibility index (Phi) is 3.46. The summed E-state index contributed by atoms with van der Waals surface area (Å²) in [7, 11) is 1.57. The number of hydrogen-bond acceptors (Lipinski definition) is 3. The number of aromatic amines is 1. The van der Waals surface area contributed by atoms with Crippen molar-refractivity contribution in [2.75, 3.05) is 7.11 Å². The van der Waals surface area contributed by atoms with Crippen molar-refractivity contribution >= 4 is 51.2 Å². The molecule has 20 heavy (non-hydrogen) atoms. The van der Waals surface area contributed by atoms with E-state index in [9.17, 15) is 4.79 Å². The van der Waals surface area contributed by atoms with Crippen LogP contribution >= 0.6 is 34.5 Å². The first-order valence-corrected chi connectivity index (χ1v) is 7.32. The predicted octanol–water partition coefficient (Wildman–Crippen LogP) is 4.78. The molecule has 0 saturated carbocycles. The van der Waals surface area contributed by atoms with Crippen LogP contribution in [0.5, 0.6) is 5.75 Å². The Bertz CT molecular complexity index is 807. The Labute approximate surface area is 129 Å². The zero-order valence-corrected chi connectivity index (χ0v) is 12.7. The van der Waals surface area contributed by atoms with Crippen LogP contribution in [0.25, 0.3) is 10.9 Å². The average molecular weight is 326 g/mol. The molecule has 0 saturated heterocycles. The van der Waals surface area contributed by atoms with Crippen LogP contribution in [0, 0.1) is 0 Å². The van der Waals surface area contributed by atoms with Gasteiger partial charge < -0.3 is 9.72 Å². The molecule has 0 amide bonds. The van der Waals surface area contributed by atoms with E-state index in [4.69, 9.17) is 27.9 Å². The van der Waals surface area contributed by atoms with Gasteiger partial charge >= 0.3 is 0 Å². The van der Waals surface area contributed by atoms with Crippen molar-refractivity contribution in [2.45, 2.75) is 0 Å². The number of H-pyrrole nitrogens is 1. The molecule has 3 aromatic rings. The number of fused-ring (bicyclic) bond motifs is 1. The number of carbonyl (C=O) groups is 1. The van der Waals surface area contributed by atoms with Gasteiger partial charge in [-0.25, -0.2) is 0 Å². The monoisotopic (exact) mass is 325 g/mol. The summed E-state index contributed by atoms with van der Waals surface area (Å²) in [6.07, 6.45) is 1.66. The average Bonchev–Trinajstić information content (AvgIpc) is 3.01. The third-order valence-corrected chi connectivity index (χ3v) is 4.52. The maximum Gasteiger partial charge on any atom is 0.197 e. The molecule has 0 spiro atoms. The van der Waals surface area contributed by atoms with E-state index < -0.39 is 0 Å². The van der Waals surface area contributed by atoms with Gasteiger partial charge in [0.05, 0.1) is 28.0 Å². The zero-order valence-electron chi connectivity index (χ0n) is 10.4. The van der Waals surface area contributed by atoms with Crippen molar-refractivity contribution in [3.8, 4) is 5.75 Å². The summed E-state index contributed by atoms with van der Waals surface area (Å²) in [5, 5.41) is 0.749. The van der Waals surface area contributed by atoms with Gasteiger partial charge in [-0.3, -0.25) is 4.79 Å². The van der Waals surface area contributed by atoms with Crippen molar-refractivity contribution in [3.63, 3.8) is 0 Å². The smallest absolute Gasteiger partial charge is 0.197 e. The van der Waals surface area contributed by atoms with Crippen LogP contribution in [0.1, 0.15) is 15.9 Å². The fraction of sp³-hybridized carbons (Fsp3) is 0.0714. The van der Waals surface area contributed by atoms with Crippen LogP contribution in [-0.4, -0.2) is 17.9 Å². The topological polar surface area (TPSA) is 42.1 Å². The highest BCUT2D eigenvalue weighted by Crippen LogP contribution is 2.35. The van der Waals surface area contributed by atoms with Crippen LogP contribution in [0.2, 0.25) is 8.67 Å². The molecule has 0 aliphatic heterocycles. The van der Waals surface area contributed by atoms with Crippen LogP contribution in [0.3, 0.4) is 0 Å². The summed E-state index contributed by atoms with van der Waals surface area (Å²) in [4.78, 5) is 15.7. The van der Waals surface area contributed by atoms with Gasteiger partial charge in [0.1, 0.15) is 10.1 Å². The lowest BCUT2D eigenvalue weighted by atomic mass is 10.0. The van der Waals surface area contributed by atoms with Crippen molar-refractivity contribution in [1.82, 2.24) is 4.98 Å². The molecule has 0 aliphatic carbocycles. The standard InChI is InChI=1S/C14H9Cl2NO2S/c1-19-10-4-2-3-9-12(10)8(6-17-9)13(18)7-5-11(15)20-14(7)16/h2-6,17H,1H3. The summed E-state index contributed by atoms with van der Waals surface area (Å²) in [5.74, 6) is 0.471. The van der Waals surface area contributed by atoms with E-state index in [1.807, 2.05) is 18.2 Å². The lowest BCUT2D eigenvalue weighted by Gasteiger charge is -2.04. The van der Waals surface area contributed by atoms with Crippen LogP contribution in [0.15, 0.2) is 30.5 Å². The number of ketones is 1. The van der Waals surface area contributed by atoms with E-state index in [0.717, 1.165) is 10.9 Å². The molecule has 2 heterocycles. The highest BCUT2D eigenvalue weighted by Gasteiger charge is 2.21. The molecule has 3 rings (SSSR count). The number of aromatic nitrogens is 1. The number of carbonyl (C=O) groups excluding carboxylic acids is 1. The lowest BCUT2D eigenvalue weighted by Crippen LogP contribution is -1.99. The Hall–Kier alpha value is -1.49. The van der Waals surface area contributed by atoms with Gasteiger partial charge in [0.15, 0.2) is 5.78 Å². The molecule has 6 heteroatoms. The normalized spacial score (nSPS) is 10.9. The maximum atomic E-state index is 12.6. The summed E-state index contributed by atoms with van der Waals surface area (Å²) in [6, 6.07) is 7.15. The number of nitrogens with one attached hydrogen (secondary N) is 1. The molecule has 0 atom stereocenters. The number of hydrogen-bond donors (Lipinski definition) is 1. The zero-order chi connectivity index (χ0) is 14.3. The van der Waals surface area contributed by atoms with Gasteiger partial charge in [0, 0.05) is 11.7 Å². The van der Waals surface area contributed by atoms with Gasteiger partial charge in [-0.2, -0.15) is 0 Å². The minimum absolute atomic E-state index is 0.172.